The summed E-state index contributed by atoms with van der Waals surface area (Å²) in [7, 11) is 0. The van der Waals surface area contributed by atoms with Crippen molar-refractivity contribution >= 4 is 0 Å². The van der Waals surface area contributed by atoms with Crippen LogP contribution in [0, 0.1) is 0 Å². The molecule has 0 bridgehead atoms. The minimum Gasteiger partial charge on any atom is -0.330 e. The number of nitrogens with zero attached hydrogens (tertiary/aromatic N) is 2. The van der Waals surface area contributed by atoms with E-state index in [-0.39, 0.29) is 0 Å². The van der Waals surface area contributed by atoms with E-state index in [1.54, 1.807) is 6.20 Å². The van der Waals surface area contributed by atoms with Crippen molar-refractivity contribution in [1.82, 2.24) is 9.55 Å². The summed E-state index contributed by atoms with van der Waals surface area (Å²) in [5, 5.41) is 0. The van der Waals surface area contributed by atoms with Crippen LogP contribution in [0.3, 0.4) is 0 Å². The molecule has 0 unspecified atom stereocenters. The number of benzene rings is 1. The van der Waals surface area contributed by atoms with E-state index in [9.17, 15) is 0 Å². The highest BCUT2D eigenvalue weighted by Gasteiger charge is 1.97. The van der Waals surface area contributed by atoms with Gasteiger partial charge >= 0.3 is 0 Å². The molecule has 0 aliphatic carbocycles. The zero-order chi connectivity index (χ0) is 11.2. The van der Waals surface area contributed by atoms with E-state index < -0.39 is 0 Å². The summed E-state index contributed by atoms with van der Waals surface area (Å²) in [6.07, 6.45) is 8.91. The minimum atomic E-state index is 0.779. The van der Waals surface area contributed by atoms with E-state index in [0.717, 1.165) is 25.8 Å². The van der Waals surface area contributed by atoms with Gasteiger partial charge in [0.25, 0.3) is 0 Å². The average Bonchev–Trinajstić information content (AvgIpc) is 2.83. The van der Waals surface area contributed by atoms with Gasteiger partial charge in [-0.1, -0.05) is 12.1 Å². The second-order valence-corrected chi connectivity index (χ2v) is 3.89. The Morgan fingerprint density at radius 1 is 1.25 bits per heavy atom. The summed E-state index contributed by atoms with van der Waals surface area (Å²) < 4.78 is 2.02. The lowest BCUT2D eigenvalue weighted by Crippen LogP contribution is -1.99. The summed E-state index contributed by atoms with van der Waals surface area (Å²) in [4.78, 5) is 4.05. The van der Waals surface area contributed by atoms with Crippen molar-refractivity contribution in [1.29, 1.82) is 0 Å². The zero-order valence-electron chi connectivity index (χ0n) is 9.34. The van der Waals surface area contributed by atoms with E-state index in [0.29, 0.717) is 0 Å². The fourth-order valence-corrected chi connectivity index (χ4v) is 1.76. The molecule has 0 aliphatic heterocycles. The van der Waals surface area contributed by atoms with Crippen molar-refractivity contribution in [3.05, 3.63) is 48.5 Å². The molecule has 0 fully saturated rings. The Morgan fingerprint density at radius 3 is 2.94 bits per heavy atom. The number of nitrogens with two attached hydrogens (primary N) is 1. The molecule has 1 heterocycles. The third kappa shape index (κ3) is 2.70. The van der Waals surface area contributed by atoms with Gasteiger partial charge in [-0.2, -0.15) is 0 Å². The minimum absolute atomic E-state index is 0.779. The monoisotopic (exact) mass is 215 g/mol. The number of hydrogen-bond acceptors (Lipinski definition) is 2. The molecule has 2 aromatic rings. The van der Waals surface area contributed by atoms with Gasteiger partial charge in [-0.25, -0.2) is 4.98 Å². The highest BCUT2D eigenvalue weighted by atomic mass is 15.0. The largest absolute Gasteiger partial charge is 0.330 e. The molecular weight excluding hydrogens is 198 g/mol. The Labute approximate surface area is 95.9 Å². The number of rotatable bonds is 5. The summed E-state index contributed by atoms with van der Waals surface area (Å²) in [5.41, 5.74) is 8.02. The van der Waals surface area contributed by atoms with Gasteiger partial charge in [0.05, 0.1) is 6.33 Å². The molecule has 0 radical (unpaired) electrons. The van der Waals surface area contributed by atoms with Crippen molar-refractivity contribution in [3.63, 3.8) is 0 Å². The maximum Gasteiger partial charge on any atom is 0.0991 e. The van der Waals surface area contributed by atoms with Crippen LogP contribution >= 0.6 is 0 Å². The lowest BCUT2D eigenvalue weighted by atomic mass is 10.1. The standard InChI is InChI=1S/C13H17N3/c14-7-2-1-4-12-5-3-6-13(10-12)16-9-8-15-11-16/h3,5-6,8-11H,1-2,4,7,14H2. The number of aryl methyl sites for hydroxylation is 1. The molecule has 84 valence electrons. The smallest absolute Gasteiger partial charge is 0.0991 e. The van der Waals surface area contributed by atoms with Gasteiger partial charge in [0.15, 0.2) is 0 Å². The Hall–Kier alpha value is -1.61. The van der Waals surface area contributed by atoms with Crippen molar-refractivity contribution < 1.29 is 0 Å². The molecule has 3 heteroatoms. The SMILES string of the molecule is NCCCCc1cccc(-n2ccnc2)c1. The third-order valence-electron chi connectivity index (χ3n) is 2.63. The van der Waals surface area contributed by atoms with Crippen LogP contribution in [0.2, 0.25) is 0 Å². The van der Waals surface area contributed by atoms with E-state index in [1.165, 1.54) is 11.3 Å². The molecule has 1 aromatic carbocycles. The first-order valence-corrected chi connectivity index (χ1v) is 5.67. The average molecular weight is 215 g/mol. The lowest BCUT2D eigenvalue weighted by Gasteiger charge is -2.05. The predicted molar refractivity (Wildman–Crippen MR) is 65.6 cm³/mol. The van der Waals surface area contributed by atoms with Gasteiger partial charge in [-0.05, 0) is 43.5 Å². The summed E-state index contributed by atoms with van der Waals surface area (Å²) >= 11 is 0. The van der Waals surface area contributed by atoms with Crippen LogP contribution in [0.15, 0.2) is 43.0 Å². The maximum absolute atomic E-state index is 5.49. The molecule has 0 saturated carbocycles. The zero-order valence-corrected chi connectivity index (χ0v) is 9.34. The molecular formula is C13H17N3. The predicted octanol–water partition coefficient (Wildman–Crippen LogP) is 2.15. The Kier molecular flexibility index (Phi) is 3.72. The summed E-state index contributed by atoms with van der Waals surface area (Å²) in [5.74, 6) is 0. The molecule has 2 rings (SSSR count). The number of unbranched alkanes of at least 4 members (excludes halogenated alkanes) is 1. The van der Waals surface area contributed by atoms with Gasteiger partial charge in [0, 0.05) is 18.1 Å². The van der Waals surface area contributed by atoms with E-state index >= 15 is 0 Å². The Bertz CT molecular complexity index is 421. The van der Waals surface area contributed by atoms with Crippen LogP contribution < -0.4 is 5.73 Å². The highest BCUT2D eigenvalue weighted by Crippen LogP contribution is 2.12. The van der Waals surface area contributed by atoms with Gasteiger partial charge in [0.1, 0.15) is 0 Å². The number of imidazole rings is 1. The molecule has 0 spiro atoms. The third-order valence-corrected chi connectivity index (χ3v) is 2.63. The van der Waals surface area contributed by atoms with Gasteiger partial charge in [-0.3, -0.25) is 0 Å². The van der Waals surface area contributed by atoms with Crippen molar-refractivity contribution in [2.24, 2.45) is 5.73 Å². The van der Waals surface area contributed by atoms with Crippen molar-refractivity contribution in [2.75, 3.05) is 6.54 Å². The quantitative estimate of drug-likeness (QED) is 0.777. The molecule has 2 N–H and O–H groups in total. The van der Waals surface area contributed by atoms with Crippen molar-refractivity contribution in [3.8, 4) is 5.69 Å². The van der Waals surface area contributed by atoms with Crippen LogP contribution in [0.5, 0.6) is 0 Å². The fraction of sp³-hybridized carbons (Fsp3) is 0.308. The van der Waals surface area contributed by atoms with Crippen LogP contribution in [-0.2, 0) is 6.42 Å². The van der Waals surface area contributed by atoms with Crippen LogP contribution in [0.4, 0.5) is 0 Å². The van der Waals surface area contributed by atoms with Gasteiger partial charge in [0.2, 0.25) is 0 Å². The molecule has 0 amide bonds. The fourth-order valence-electron chi connectivity index (χ4n) is 1.76. The van der Waals surface area contributed by atoms with Gasteiger partial charge < -0.3 is 10.3 Å². The van der Waals surface area contributed by atoms with Crippen LogP contribution in [-0.4, -0.2) is 16.1 Å². The second-order valence-electron chi connectivity index (χ2n) is 3.89. The second kappa shape index (κ2) is 5.47. The Morgan fingerprint density at radius 2 is 2.19 bits per heavy atom. The first-order valence-electron chi connectivity index (χ1n) is 5.67. The summed E-state index contributed by atoms with van der Waals surface area (Å²) in [6.45, 7) is 0.779. The van der Waals surface area contributed by atoms with E-state index in [2.05, 4.69) is 29.2 Å². The molecule has 1 aromatic heterocycles. The topological polar surface area (TPSA) is 43.8 Å². The highest BCUT2D eigenvalue weighted by molar-refractivity contribution is 5.35. The molecule has 3 nitrogen and oxygen atoms in total. The van der Waals surface area contributed by atoms with Crippen LogP contribution in [0.1, 0.15) is 18.4 Å². The Balaban J connectivity index is 2.08. The lowest BCUT2D eigenvalue weighted by molar-refractivity contribution is 0.744. The van der Waals surface area contributed by atoms with Crippen LogP contribution in [0.25, 0.3) is 5.69 Å². The van der Waals surface area contributed by atoms with E-state index in [1.807, 2.05) is 17.1 Å². The van der Waals surface area contributed by atoms with E-state index in [4.69, 9.17) is 5.73 Å². The number of aromatic nitrogens is 2. The van der Waals surface area contributed by atoms with Gasteiger partial charge in [-0.15, -0.1) is 0 Å². The first-order chi connectivity index (χ1) is 7.90. The first kappa shape index (κ1) is 10.9. The van der Waals surface area contributed by atoms with Crippen molar-refractivity contribution in [2.45, 2.75) is 19.3 Å². The molecule has 0 atom stereocenters. The maximum atomic E-state index is 5.49. The normalized spacial score (nSPS) is 10.6. The molecule has 16 heavy (non-hydrogen) atoms. The summed E-state index contributed by atoms with van der Waals surface area (Å²) in [6, 6.07) is 8.55. The number of hydrogen-bond donors (Lipinski definition) is 1. The molecule has 0 aliphatic rings. The molecule has 0 saturated heterocycles.